The summed E-state index contributed by atoms with van der Waals surface area (Å²) in [5.74, 6) is 0. The van der Waals surface area contributed by atoms with Crippen molar-refractivity contribution in [1.29, 1.82) is 0 Å². The van der Waals surface area contributed by atoms with E-state index in [1.54, 1.807) is 11.3 Å². The van der Waals surface area contributed by atoms with E-state index in [0.717, 1.165) is 27.7 Å². The molecule has 2 aromatic rings. The van der Waals surface area contributed by atoms with Gasteiger partial charge in [-0.25, -0.2) is 4.98 Å². The molecule has 0 amide bonds. The van der Waals surface area contributed by atoms with Gasteiger partial charge in [0.25, 0.3) is 0 Å². The highest BCUT2D eigenvalue weighted by molar-refractivity contribution is 7.13. The molecule has 0 unspecified atom stereocenters. The number of thiazole rings is 1. The summed E-state index contributed by atoms with van der Waals surface area (Å²) < 4.78 is 0. The Hall–Kier alpha value is -0.860. The van der Waals surface area contributed by atoms with Crippen LogP contribution in [0.15, 0.2) is 29.6 Å². The summed E-state index contributed by atoms with van der Waals surface area (Å²) in [6, 6.07) is 7.80. The van der Waals surface area contributed by atoms with E-state index < -0.39 is 0 Å². The van der Waals surface area contributed by atoms with Crippen LogP contribution in [0.5, 0.6) is 0 Å². The molecule has 1 aromatic heterocycles. The minimum absolute atomic E-state index is 0.768. The molecule has 0 aliphatic rings. The highest BCUT2D eigenvalue weighted by Crippen LogP contribution is 2.29. The Balaban J connectivity index is 2.44. The zero-order valence-electron chi connectivity index (χ0n) is 7.83. The number of hydrogen-bond acceptors (Lipinski definition) is 2. The van der Waals surface area contributed by atoms with Gasteiger partial charge in [0.1, 0.15) is 5.01 Å². The van der Waals surface area contributed by atoms with Crippen molar-refractivity contribution in [2.45, 2.75) is 13.3 Å². The maximum atomic E-state index is 6.08. The van der Waals surface area contributed by atoms with Crippen LogP contribution in [0.4, 0.5) is 0 Å². The van der Waals surface area contributed by atoms with Crippen molar-refractivity contribution in [3.63, 3.8) is 0 Å². The maximum absolute atomic E-state index is 6.08. The third kappa shape index (κ3) is 1.81. The summed E-state index contributed by atoms with van der Waals surface area (Å²) in [6.45, 7) is 2.10. The normalized spacial score (nSPS) is 10.4. The number of nitrogens with zero attached hydrogens (tertiary/aromatic N) is 1. The number of aryl methyl sites for hydroxylation is 1. The van der Waals surface area contributed by atoms with Crippen LogP contribution in [0.25, 0.3) is 10.6 Å². The van der Waals surface area contributed by atoms with Crippen LogP contribution in [0.3, 0.4) is 0 Å². The molecule has 14 heavy (non-hydrogen) atoms. The first-order chi connectivity index (χ1) is 6.81. The number of aromatic nitrogens is 1. The number of halogens is 1. The van der Waals surface area contributed by atoms with Crippen molar-refractivity contribution in [1.82, 2.24) is 4.98 Å². The SMILES string of the molecule is CCc1csc(-c2ccccc2Cl)n1. The third-order valence-corrected chi connectivity index (χ3v) is 3.27. The van der Waals surface area contributed by atoms with Gasteiger partial charge in [-0.15, -0.1) is 11.3 Å². The first kappa shape index (κ1) is 9.69. The molecule has 0 spiro atoms. The lowest BCUT2D eigenvalue weighted by atomic mass is 10.2. The number of hydrogen-bond donors (Lipinski definition) is 0. The van der Waals surface area contributed by atoms with Crippen molar-refractivity contribution in [2.24, 2.45) is 0 Å². The Kier molecular flexibility index (Phi) is 2.85. The molecule has 0 aliphatic heterocycles. The monoisotopic (exact) mass is 223 g/mol. The van der Waals surface area contributed by atoms with Crippen LogP contribution in [0.1, 0.15) is 12.6 Å². The Morgan fingerprint density at radius 3 is 2.79 bits per heavy atom. The fourth-order valence-electron chi connectivity index (χ4n) is 1.23. The average Bonchev–Trinajstić information content (AvgIpc) is 2.67. The van der Waals surface area contributed by atoms with E-state index in [0.29, 0.717) is 0 Å². The van der Waals surface area contributed by atoms with Crippen LogP contribution >= 0.6 is 22.9 Å². The second-order valence-corrected chi connectivity index (χ2v) is 4.24. The van der Waals surface area contributed by atoms with Crippen LogP contribution in [-0.2, 0) is 6.42 Å². The molecule has 0 atom stereocenters. The predicted molar refractivity (Wildman–Crippen MR) is 61.9 cm³/mol. The van der Waals surface area contributed by atoms with Gasteiger partial charge in [-0.3, -0.25) is 0 Å². The lowest BCUT2D eigenvalue weighted by Crippen LogP contribution is -1.81. The summed E-state index contributed by atoms with van der Waals surface area (Å²) in [5.41, 5.74) is 2.16. The molecule has 0 saturated carbocycles. The lowest BCUT2D eigenvalue weighted by Gasteiger charge is -1.98. The molecule has 1 aromatic carbocycles. The van der Waals surface area contributed by atoms with Crippen LogP contribution in [0.2, 0.25) is 5.02 Å². The second kappa shape index (κ2) is 4.11. The Labute approximate surface area is 92.4 Å². The fraction of sp³-hybridized carbons (Fsp3) is 0.182. The van der Waals surface area contributed by atoms with Gasteiger partial charge in [0.05, 0.1) is 10.7 Å². The Morgan fingerprint density at radius 1 is 1.36 bits per heavy atom. The third-order valence-electron chi connectivity index (χ3n) is 2.02. The summed E-state index contributed by atoms with van der Waals surface area (Å²) in [5, 5.41) is 3.86. The van der Waals surface area contributed by atoms with Gasteiger partial charge < -0.3 is 0 Å². The summed E-state index contributed by atoms with van der Waals surface area (Å²) >= 11 is 7.72. The molecule has 72 valence electrons. The number of rotatable bonds is 2. The first-order valence-electron chi connectivity index (χ1n) is 4.50. The molecule has 0 N–H and O–H groups in total. The van der Waals surface area contributed by atoms with Gasteiger partial charge in [0.15, 0.2) is 0 Å². The molecule has 0 radical (unpaired) electrons. The molecular weight excluding hydrogens is 214 g/mol. The van der Waals surface area contributed by atoms with Crippen LogP contribution in [0, 0.1) is 0 Å². The smallest absolute Gasteiger partial charge is 0.125 e. The predicted octanol–water partition coefficient (Wildman–Crippen LogP) is 4.03. The summed E-state index contributed by atoms with van der Waals surface area (Å²) in [7, 11) is 0. The van der Waals surface area contributed by atoms with E-state index in [1.807, 2.05) is 24.3 Å². The van der Waals surface area contributed by atoms with Crippen LogP contribution < -0.4 is 0 Å². The molecule has 3 heteroatoms. The number of benzene rings is 1. The lowest BCUT2D eigenvalue weighted by molar-refractivity contribution is 1.07. The maximum Gasteiger partial charge on any atom is 0.125 e. The summed E-state index contributed by atoms with van der Waals surface area (Å²) in [4.78, 5) is 4.49. The Morgan fingerprint density at radius 2 is 2.14 bits per heavy atom. The molecule has 2 rings (SSSR count). The van der Waals surface area contributed by atoms with Crippen LogP contribution in [-0.4, -0.2) is 4.98 Å². The van der Waals surface area contributed by atoms with Gasteiger partial charge in [0, 0.05) is 10.9 Å². The minimum atomic E-state index is 0.768. The largest absolute Gasteiger partial charge is 0.241 e. The van der Waals surface area contributed by atoms with Crippen molar-refractivity contribution in [3.8, 4) is 10.6 Å². The highest BCUT2D eigenvalue weighted by Gasteiger charge is 2.06. The van der Waals surface area contributed by atoms with E-state index in [9.17, 15) is 0 Å². The van der Waals surface area contributed by atoms with Gasteiger partial charge >= 0.3 is 0 Å². The fourth-order valence-corrected chi connectivity index (χ4v) is 2.45. The molecule has 0 saturated heterocycles. The first-order valence-corrected chi connectivity index (χ1v) is 5.76. The molecule has 1 heterocycles. The standard InChI is InChI=1S/C11H10ClNS/c1-2-8-7-14-11(13-8)9-5-3-4-6-10(9)12/h3-7H,2H2,1H3. The van der Waals surface area contributed by atoms with Gasteiger partial charge in [-0.1, -0.05) is 36.7 Å². The topological polar surface area (TPSA) is 12.9 Å². The van der Waals surface area contributed by atoms with E-state index in [1.165, 1.54) is 0 Å². The molecule has 0 fully saturated rings. The van der Waals surface area contributed by atoms with E-state index in [-0.39, 0.29) is 0 Å². The van der Waals surface area contributed by atoms with Crippen molar-refractivity contribution in [3.05, 3.63) is 40.4 Å². The molecule has 0 bridgehead atoms. The molecular formula is C11H10ClNS. The van der Waals surface area contributed by atoms with E-state index in [4.69, 9.17) is 11.6 Å². The van der Waals surface area contributed by atoms with Crippen molar-refractivity contribution >= 4 is 22.9 Å². The van der Waals surface area contributed by atoms with E-state index >= 15 is 0 Å². The zero-order valence-corrected chi connectivity index (χ0v) is 9.40. The van der Waals surface area contributed by atoms with Crippen molar-refractivity contribution in [2.75, 3.05) is 0 Å². The minimum Gasteiger partial charge on any atom is -0.241 e. The van der Waals surface area contributed by atoms with Crippen molar-refractivity contribution < 1.29 is 0 Å². The highest BCUT2D eigenvalue weighted by atomic mass is 35.5. The molecule has 1 nitrogen and oxygen atoms in total. The second-order valence-electron chi connectivity index (χ2n) is 2.98. The quantitative estimate of drug-likeness (QED) is 0.749. The van der Waals surface area contributed by atoms with Gasteiger partial charge in [0.2, 0.25) is 0 Å². The average molecular weight is 224 g/mol. The Bertz CT molecular complexity index is 436. The van der Waals surface area contributed by atoms with Gasteiger partial charge in [-0.2, -0.15) is 0 Å². The van der Waals surface area contributed by atoms with Gasteiger partial charge in [-0.05, 0) is 12.5 Å². The molecule has 0 aliphatic carbocycles. The zero-order chi connectivity index (χ0) is 9.97. The summed E-state index contributed by atoms with van der Waals surface area (Å²) in [6.07, 6.45) is 0.973. The van der Waals surface area contributed by atoms with E-state index in [2.05, 4.69) is 17.3 Å².